The van der Waals surface area contributed by atoms with Crippen molar-refractivity contribution in [3.63, 3.8) is 0 Å². The Balaban J connectivity index is 1.76. The van der Waals surface area contributed by atoms with Crippen molar-refractivity contribution in [1.29, 1.82) is 0 Å². The topological polar surface area (TPSA) is 105 Å². The van der Waals surface area contributed by atoms with Gasteiger partial charge in [0.2, 0.25) is 15.9 Å². The summed E-state index contributed by atoms with van der Waals surface area (Å²) < 4.78 is 32.6. The molecule has 0 fully saturated rings. The Hall–Kier alpha value is -2.91. The first-order chi connectivity index (χ1) is 14.1. The molecule has 0 spiro atoms. The summed E-state index contributed by atoms with van der Waals surface area (Å²) in [5.74, 6) is -0.462. The van der Waals surface area contributed by atoms with E-state index in [9.17, 15) is 18.0 Å². The van der Waals surface area contributed by atoms with Crippen molar-refractivity contribution in [1.82, 2.24) is 4.31 Å². The van der Waals surface area contributed by atoms with Crippen LogP contribution in [0.1, 0.15) is 25.0 Å². The average molecular weight is 432 g/mol. The number of carbonyl (C=O) groups excluding carboxylic acids is 2. The van der Waals surface area contributed by atoms with E-state index in [0.717, 1.165) is 16.3 Å². The number of hydrogen-bond acceptors (Lipinski definition) is 5. The highest BCUT2D eigenvalue weighted by Gasteiger charge is 2.30. The van der Waals surface area contributed by atoms with Crippen molar-refractivity contribution in [3.8, 4) is 5.75 Å². The third-order valence-corrected chi connectivity index (χ3v) is 6.85. The Bertz CT molecular complexity index is 1080. The normalized spacial score (nSPS) is 15.9. The zero-order valence-electron chi connectivity index (χ0n) is 17.4. The molecule has 30 heavy (non-hydrogen) atoms. The second kappa shape index (κ2) is 8.45. The van der Waals surface area contributed by atoms with Crippen LogP contribution in [0.25, 0.3) is 0 Å². The monoisotopic (exact) mass is 431 g/mol. The summed E-state index contributed by atoms with van der Waals surface area (Å²) in [6, 6.07) is 10.3. The Morgan fingerprint density at radius 1 is 1.23 bits per heavy atom. The molecule has 2 amide bonds. The molecule has 2 aromatic carbocycles. The number of ether oxygens (including phenoxy) is 1. The molecule has 160 valence electrons. The highest BCUT2D eigenvalue weighted by atomic mass is 32.2. The van der Waals surface area contributed by atoms with E-state index < -0.39 is 22.0 Å². The maximum absolute atomic E-state index is 13.1. The predicted octanol–water partition coefficient (Wildman–Crippen LogP) is 2.54. The SMILES string of the molecule is CCc1ccc(NC(=O)CN(C)S(=O)(=O)c2cc3c(cc2C)NC(=O)[C@H](C)O3)cc1. The molecule has 0 bridgehead atoms. The van der Waals surface area contributed by atoms with Crippen LogP contribution >= 0.6 is 0 Å². The first-order valence-corrected chi connectivity index (χ1v) is 11.0. The highest BCUT2D eigenvalue weighted by Crippen LogP contribution is 2.35. The van der Waals surface area contributed by atoms with Gasteiger partial charge in [0.15, 0.2) is 6.10 Å². The Kier molecular flexibility index (Phi) is 6.14. The largest absolute Gasteiger partial charge is 0.479 e. The maximum Gasteiger partial charge on any atom is 0.265 e. The summed E-state index contributed by atoms with van der Waals surface area (Å²) in [5.41, 5.74) is 2.61. The van der Waals surface area contributed by atoms with E-state index in [1.807, 2.05) is 19.1 Å². The van der Waals surface area contributed by atoms with Gasteiger partial charge in [0.1, 0.15) is 5.75 Å². The second-order valence-electron chi connectivity index (χ2n) is 7.22. The van der Waals surface area contributed by atoms with Crippen LogP contribution in [0.15, 0.2) is 41.3 Å². The molecule has 0 unspecified atom stereocenters. The van der Waals surface area contributed by atoms with Gasteiger partial charge < -0.3 is 15.4 Å². The molecule has 8 nitrogen and oxygen atoms in total. The van der Waals surface area contributed by atoms with Gasteiger partial charge >= 0.3 is 0 Å². The summed E-state index contributed by atoms with van der Waals surface area (Å²) in [6.07, 6.45) is 0.167. The quantitative estimate of drug-likeness (QED) is 0.731. The van der Waals surface area contributed by atoms with Gasteiger partial charge in [-0.3, -0.25) is 9.59 Å². The summed E-state index contributed by atoms with van der Waals surface area (Å²) >= 11 is 0. The number of benzene rings is 2. The minimum atomic E-state index is -3.95. The molecular weight excluding hydrogens is 406 g/mol. The number of fused-ring (bicyclic) bond motifs is 1. The van der Waals surface area contributed by atoms with Crippen molar-refractivity contribution in [2.75, 3.05) is 24.2 Å². The molecule has 1 aliphatic heterocycles. The number of aryl methyl sites for hydroxylation is 2. The van der Waals surface area contributed by atoms with E-state index in [1.165, 1.54) is 13.1 Å². The number of likely N-dealkylation sites (N-methyl/N-ethyl adjacent to an activating group) is 1. The Morgan fingerprint density at radius 3 is 2.53 bits per heavy atom. The molecular formula is C21H25N3O5S. The molecule has 1 heterocycles. The molecule has 0 aromatic heterocycles. The lowest BCUT2D eigenvalue weighted by Crippen LogP contribution is -2.36. The number of sulfonamides is 1. The van der Waals surface area contributed by atoms with E-state index in [2.05, 4.69) is 10.6 Å². The van der Waals surface area contributed by atoms with Crippen LogP contribution < -0.4 is 15.4 Å². The van der Waals surface area contributed by atoms with E-state index in [4.69, 9.17) is 4.74 Å². The predicted molar refractivity (Wildman–Crippen MR) is 114 cm³/mol. The number of nitrogens with zero attached hydrogens (tertiary/aromatic N) is 1. The van der Waals surface area contributed by atoms with Crippen LogP contribution in [-0.2, 0) is 26.0 Å². The molecule has 3 rings (SSSR count). The van der Waals surface area contributed by atoms with Gasteiger partial charge in [0.05, 0.1) is 17.1 Å². The van der Waals surface area contributed by atoms with Gasteiger partial charge in [0.25, 0.3) is 5.91 Å². The summed E-state index contributed by atoms with van der Waals surface area (Å²) in [6.45, 7) is 4.90. The van der Waals surface area contributed by atoms with Gasteiger partial charge in [-0.25, -0.2) is 8.42 Å². The number of anilines is 2. The fourth-order valence-electron chi connectivity index (χ4n) is 3.10. The molecule has 0 saturated heterocycles. The number of nitrogens with one attached hydrogen (secondary N) is 2. The number of amides is 2. The minimum absolute atomic E-state index is 0.0206. The molecule has 0 saturated carbocycles. The first-order valence-electron chi connectivity index (χ1n) is 9.59. The summed E-state index contributed by atoms with van der Waals surface area (Å²) in [5, 5.41) is 5.40. The lowest BCUT2D eigenvalue weighted by Gasteiger charge is -2.25. The third-order valence-electron chi connectivity index (χ3n) is 4.91. The molecule has 2 N–H and O–H groups in total. The lowest BCUT2D eigenvalue weighted by molar-refractivity contribution is -0.122. The zero-order valence-corrected chi connectivity index (χ0v) is 18.2. The maximum atomic E-state index is 13.1. The van der Waals surface area contributed by atoms with Crippen LogP contribution in [0.5, 0.6) is 5.75 Å². The fraction of sp³-hybridized carbons (Fsp3) is 0.333. The summed E-state index contributed by atoms with van der Waals surface area (Å²) in [4.78, 5) is 24.1. The van der Waals surface area contributed by atoms with E-state index in [1.54, 1.807) is 32.0 Å². The van der Waals surface area contributed by atoms with Crippen LogP contribution in [0.3, 0.4) is 0 Å². The van der Waals surface area contributed by atoms with Crippen LogP contribution in [0.4, 0.5) is 11.4 Å². The molecule has 1 aliphatic rings. The van der Waals surface area contributed by atoms with Crippen molar-refractivity contribution in [2.24, 2.45) is 0 Å². The van der Waals surface area contributed by atoms with E-state index in [-0.39, 0.29) is 23.1 Å². The van der Waals surface area contributed by atoms with Gasteiger partial charge in [-0.1, -0.05) is 19.1 Å². The van der Waals surface area contributed by atoms with Crippen LogP contribution in [0, 0.1) is 6.92 Å². The van der Waals surface area contributed by atoms with Crippen LogP contribution in [-0.4, -0.2) is 44.2 Å². The van der Waals surface area contributed by atoms with Crippen molar-refractivity contribution >= 4 is 33.2 Å². The number of hydrogen-bond donors (Lipinski definition) is 2. The average Bonchev–Trinajstić information content (AvgIpc) is 2.69. The fourth-order valence-corrected chi connectivity index (χ4v) is 4.45. The van der Waals surface area contributed by atoms with E-state index >= 15 is 0 Å². The molecule has 0 aliphatic carbocycles. The number of carbonyl (C=O) groups is 2. The standard InChI is InChI=1S/C21H25N3O5S/c1-5-15-6-8-16(9-7-15)22-20(25)12-24(4)30(27,28)19-11-18-17(10-13(19)2)23-21(26)14(3)29-18/h6-11,14H,5,12H2,1-4H3,(H,22,25)(H,23,26)/t14-/m0/s1. The van der Waals surface area contributed by atoms with Gasteiger partial charge in [-0.05, 0) is 49.6 Å². The molecule has 1 atom stereocenters. The third kappa shape index (κ3) is 4.47. The highest BCUT2D eigenvalue weighted by molar-refractivity contribution is 7.89. The zero-order chi connectivity index (χ0) is 22.1. The molecule has 0 radical (unpaired) electrons. The van der Waals surface area contributed by atoms with Crippen molar-refractivity contribution < 1.29 is 22.7 Å². The van der Waals surface area contributed by atoms with Crippen molar-refractivity contribution in [3.05, 3.63) is 47.5 Å². The summed E-state index contributed by atoms with van der Waals surface area (Å²) in [7, 11) is -2.61. The van der Waals surface area contributed by atoms with Crippen molar-refractivity contribution in [2.45, 2.75) is 38.2 Å². The molecule has 9 heteroatoms. The smallest absolute Gasteiger partial charge is 0.265 e. The van der Waals surface area contributed by atoms with Gasteiger partial charge in [-0.15, -0.1) is 0 Å². The molecule has 2 aromatic rings. The van der Waals surface area contributed by atoms with E-state index in [0.29, 0.717) is 16.9 Å². The Labute approximate surface area is 176 Å². The second-order valence-corrected chi connectivity index (χ2v) is 9.24. The number of rotatable bonds is 6. The van der Waals surface area contributed by atoms with Gasteiger partial charge in [-0.2, -0.15) is 4.31 Å². The lowest BCUT2D eigenvalue weighted by atomic mass is 10.1. The first kappa shape index (κ1) is 21.8. The van der Waals surface area contributed by atoms with Crippen LogP contribution in [0.2, 0.25) is 0 Å². The van der Waals surface area contributed by atoms with Gasteiger partial charge in [0, 0.05) is 18.8 Å². The minimum Gasteiger partial charge on any atom is -0.479 e. The Morgan fingerprint density at radius 2 is 1.90 bits per heavy atom.